The molecule has 0 spiro atoms. The summed E-state index contributed by atoms with van der Waals surface area (Å²) in [6, 6.07) is 0. The summed E-state index contributed by atoms with van der Waals surface area (Å²) in [5.41, 5.74) is -0.261. The van der Waals surface area contributed by atoms with Crippen LogP contribution in [0.2, 0.25) is 0 Å². The molecule has 2 aromatic heterocycles. The van der Waals surface area contributed by atoms with Gasteiger partial charge in [0.05, 0.1) is 6.10 Å². The molecule has 1 fully saturated rings. The Morgan fingerprint density at radius 2 is 2.29 bits per heavy atom. The van der Waals surface area contributed by atoms with Crippen molar-refractivity contribution in [3.05, 3.63) is 28.4 Å². The number of imidazole rings is 1. The second kappa shape index (κ2) is 6.31. The fourth-order valence-electron chi connectivity index (χ4n) is 2.33. The Balaban J connectivity index is 0.00000161. The van der Waals surface area contributed by atoms with Crippen molar-refractivity contribution in [2.75, 3.05) is 0 Å². The zero-order valence-electron chi connectivity index (χ0n) is 11.8. The van der Waals surface area contributed by atoms with E-state index in [-0.39, 0.29) is 50.2 Å². The first-order valence-corrected chi connectivity index (χ1v) is 6.35. The number of carbonyl (C=O) groups excluding carboxylic acids is 1. The van der Waals surface area contributed by atoms with Crippen LogP contribution in [-0.4, -0.2) is 36.5 Å². The second-order valence-electron chi connectivity index (χ2n) is 5.01. The number of rotatable bonds is 2. The minimum Gasteiger partial charge on any atom is -0.460 e. The van der Waals surface area contributed by atoms with E-state index in [0.717, 1.165) is 23.9 Å². The Bertz CT molecular complexity index is 725. The Kier molecular flexibility index (Phi) is 4.88. The predicted octanol–water partition coefficient (Wildman–Crippen LogP) is 0.124. The molecular formula is C12H14N5O3Y-. The minimum atomic E-state index is -0.560. The normalized spacial score (nSPS) is 18.7. The van der Waals surface area contributed by atoms with Crippen molar-refractivity contribution in [3.63, 3.8) is 0 Å². The molecule has 21 heavy (non-hydrogen) atoms. The van der Waals surface area contributed by atoms with Crippen LogP contribution in [0.25, 0.3) is 5.65 Å². The first kappa shape index (κ1) is 16.2. The van der Waals surface area contributed by atoms with Crippen molar-refractivity contribution < 1.29 is 42.2 Å². The van der Waals surface area contributed by atoms with Gasteiger partial charge in [-0.05, 0) is 6.42 Å². The standard InChI is InChI=1S/C12H14N5O3.Y/c1-7-3-4-8(5-7)20-11(18)9-10-14-15-16(2)12(19)17(10)6-13-9;/h6,8H,3-5H2,1-2H3;/q-1;. The molecule has 9 heteroatoms. The third-order valence-corrected chi connectivity index (χ3v) is 3.44. The smallest absolute Gasteiger partial charge is 0.361 e. The van der Waals surface area contributed by atoms with Crippen LogP contribution < -0.4 is 5.69 Å². The van der Waals surface area contributed by atoms with Crippen LogP contribution in [-0.2, 0) is 44.5 Å². The van der Waals surface area contributed by atoms with Gasteiger partial charge >= 0.3 is 11.7 Å². The Hall–Kier alpha value is -1.15. The number of aromatic nitrogens is 5. The summed E-state index contributed by atoms with van der Waals surface area (Å²) in [5, 5.41) is 7.47. The van der Waals surface area contributed by atoms with E-state index in [4.69, 9.17) is 4.74 Å². The molecule has 1 saturated carbocycles. The molecule has 8 nitrogen and oxygen atoms in total. The molecule has 2 heterocycles. The predicted molar refractivity (Wildman–Crippen MR) is 68.0 cm³/mol. The summed E-state index contributed by atoms with van der Waals surface area (Å²) in [4.78, 5) is 27.8. The molecule has 1 aliphatic rings. The molecule has 0 bridgehead atoms. The molecule has 0 aromatic carbocycles. The van der Waals surface area contributed by atoms with Gasteiger partial charge in [-0.15, -0.1) is 11.5 Å². The number of fused-ring (bicyclic) bond motifs is 1. The van der Waals surface area contributed by atoms with Gasteiger partial charge in [-0.3, -0.25) is 0 Å². The van der Waals surface area contributed by atoms with E-state index in [2.05, 4.69) is 22.2 Å². The fraction of sp³-hybridized carbons (Fsp3) is 0.500. The van der Waals surface area contributed by atoms with Crippen molar-refractivity contribution >= 4 is 11.6 Å². The molecule has 1 unspecified atom stereocenters. The number of hydrogen-bond acceptors (Lipinski definition) is 6. The number of hydrogen-bond donors (Lipinski definition) is 0. The fourth-order valence-corrected chi connectivity index (χ4v) is 2.33. The SMILES string of the molecule is C[C-]1CCC(OC(=O)c2ncn3c(=O)n(C)nnc23)C1.[Y]. The molecule has 109 valence electrons. The van der Waals surface area contributed by atoms with Crippen LogP contribution >= 0.6 is 0 Å². The summed E-state index contributed by atoms with van der Waals surface area (Å²) in [7, 11) is 1.48. The molecule has 0 saturated heterocycles. The average molecular weight is 365 g/mol. The quantitative estimate of drug-likeness (QED) is 0.555. The molecule has 0 amide bonds. The summed E-state index contributed by atoms with van der Waals surface area (Å²) >= 11 is 0. The van der Waals surface area contributed by atoms with Crippen molar-refractivity contribution in [2.45, 2.75) is 32.3 Å². The first-order valence-electron chi connectivity index (χ1n) is 6.35. The monoisotopic (exact) mass is 365 g/mol. The molecule has 1 atom stereocenters. The molecule has 1 aliphatic carbocycles. The Labute approximate surface area is 145 Å². The van der Waals surface area contributed by atoms with E-state index in [1.165, 1.54) is 23.7 Å². The Morgan fingerprint density at radius 1 is 1.52 bits per heavy atom. The third-order valence-electron chi connectivity index (χ3n) is 3.44. The van der Waals surface area contributed by atoms with Crippen molar-refractivity contribution in [1.82, 2.24) is 24.4 Å². The number of aryl methyl sites for hydroxylation is 1. The van der Waals surface area contributed by atoms with Gasteiger partial charge in [-0.1, -0.05) is 5.21 Å². The van der Waals surface area contributed by atoms with Crippen LogP contribution in [0.3, 0.4) is 0 Å². The van der Waals surface area contributed by atoms with Gasteiger partial charge < -0.3 is 10.7 Å². The summed E-state index contributed by atoms with van der Waals surface area (Å²) < 4.78 is 7.64. The van der Waals surface area contributed by atoms with Gasteiger partial charge in [0.1, 0.15) is 6.33 Å². The van der Waals surface area contributed by atoms with E-state index in [1.807, 2.05) is 0 Å². The van der Waals surface area contributed by atoms with E-state index in [1.54, 1.807) is 0 Å². The van der Waals surface area contributed by atoms with E-state index >= 15 is 0 Å². The average Bonchev–Trinajstić information content (AvgIpc) is 3.00. The van der Waals surface area contributed by atoms with Crippen LogP contribution in [0.4, 0.5) is 0 Å². The maximum absolute atomic E-state index is 12.1. The van der Waals surface area contributed by atoms with Crippen LogP contribution in [0.15, 0.2) is 11.1 Å². The van der Waals surface area contributed by atoms with Gasteiger partial charge in [0.25, 0.3) is 0 Å². The second-order valence-corrected chi connectivity index (χ2v) is 5.01. The number of ether oxygens (including phenoxy) is 1. The largest absolute Gasteiger partial charge is 0.460 e. The van der Waals surface area contributed by atoms with Crippen LogP contribution in [0.5, 0.6) is 0 Å². The third kappa shape index (κ3) is 3.06. The topological polar surface area (TPSA) is 91.4 Å². The van der Waals surface area contributed by atoms with E-state index in [0.29, 0.717) is 0 Å². The van der Waals surface area contributed by atoms with Gasteiger partial charge in [-0.2, -0.15) is 18.0 Å². The van der Waals surface area contributed by atoms with E-state index < -0.39 is 11.7 Å². The van der Waals surface area contributed by atoms with Gasteiger partial charge in [0.15, 0.2) is 11.3 Å². The van der Waals surface area contributed by atoms with Gasteiger partial charge in [-0.25, -0.2) is 19.0 Å². The zero-order chi connectivity index (χ0) is 14.3. The van der Waals surface area contributed by atoms with Crippen molar-refractivity contribution in [1.29, 1.82) is 0 Å². The summed E-state index contributed by atoms with van der Waals surface area (Å²) in [6.45, 7) is 2.05. The first-order chi connectivity index (χ1) is 9.56. The summed E-state index contributed by atoms with van der Waals surface area (Å²) in [6.07, 6.45) is 3.73. The van der Waals surface area contributed by atoms with Crippen LogP contribution in [0, 0.1) is 5.92 Å². The summed E-state index contributed by atoms with van der Waals surface area (Å²) in [5.74, 6) is 0.765. The number of nitrogens with zero attached hydrogens (tertiary/aromatic N) is 5. The molecular weight excluding hydrogens is 351 g/mol. The van der Waals surface area contributed by atoms with Gasteiger partial charge in [0.2, 0.25) is 0 Å². The van der Waals surface area contributed by atoms with E-state index in [9.17, 15) is 9.59 Å². The number of carbonyl (C=O) groups is 1. The maximum Gasteiger partial charge on any atom is 0.361 e. The maximum atomic E-state index is 12.1. The number of esters is 1. The molecule has 0 N–H and O–H groups in total. The Morgan fingerprint density at radius 3 is 2.95 bits per heavy atom. The van der Waals surface area contributed by atoms with Crippen LogP contribution in [0.1, 0.15) is 36.7 Å². The molecule has 0 aliphatic heterocycles. The zero-order valence-corrected chi connectivity index (χ0v) is 14.7. The molecule has 2 aromatic rings. The van der Waals surface area contributed by atoms with Crippen molar-refractivity contribution in [3.8, 4) is 0 Å². The van der Waals surface area contributed by atoms with Gasteiger partial charge in [0, 0.05) is 39.8 Å². The molecule has 1 radical (unpaired) electrons. The molecule has 3 rings (SSSR count). The minimum absolute atomic E-state index is 0. The van der Waals surface area contributed by atoms with Crippen molar-refractivity contribution in [2.24, 2.45) is 7.05 Å².